The van der Waals surface area contributed by atoms with E-state index in [2.05, 4.69) is 65.4 Å². The molecule has 0 bridgehead atoms. The lowest BCUT2D eigenvalue weighted by Gasteiger charge is -2.29. The zero-order chi connectivity index (χ0) is 13.8. The van der Waals surface area contributed by atoms with Crippen molar-refractivity contribution in [1.82, 2.24) is 10.2 Å². The van der Waals surface area contributed by atoms with Crippen molar-refractivity contribution in [1.29, 1.82) is 0 Å². The van der Waals surface area contributed by atoms with Gasteiger partial charge in [0.15, 0.2) is 0 Å². The Labute approximate surface area is 125 Å². The van der Waals surface area contributed by atoms with Gasteiger partial charge in [0, 0.05) is 16.6 Å². The predicted octanol–water partition coefficient (Wildman–Crippen LogP) is 3.24. The molecule has 19 heavy (non-hydrogen) atoms. The molecule has 2 rings (SSSR count). The van der Waals surface area contributed by atoms with E-state index in [0.717, 1.165) is 6.54 Å². The predicted molar refractivity (Wildman–Crippen MR) is 85.7 cm³/mol. The van der Waals surface area contributed by atoms with Gasteiger partial charge < -0.3 is 10.2 Å². The first-order valence-corrected chi connectivity index (χ1v) is 8.02. The third-order valence-corrected chi connectivity index (χ3v) is 4.42. The maximum Gasteiger partial charge on any atom is 0.0178 e. The minimum atomic E-state index is 0.601. The van der Waals surface area contributed by atoms with Crippen molar-refractivity contribution in [2.24, 2.45) is 0 Å². The first-order chi connectivity index (χ1) is 9.04. The van der Waals surface area contributed by atoms with Gasteiger partial charge in [-0.1, -0.05) is 22.0 Å². The summed E-state index contributed by atoms with van der Waals surface area (Å²) in [4.78, 5) is 2.26. The lowest BCUT2D eigenvalue weighted by atomic mass is 9.88. The lowest BCUT2D eigenvalue weighted by Crippen LogP contribution is -2.41. The maximum atomic E-state index is 3.79. The first-order valence-electron chi connectivity index (χ1n) is 7.22. The molecule has 1 aromatic rings. The van der Waals surface area contributed by atoms with Crippen LogP contribution in [0.25, 0.3) is 0 Å². The van der Waals surface area contributed by atoms with Gasteiger partial charge in [-0.3, -0.25) is 0 Å². The molecule has 2 unspecified atom stereocenters. The Kier molecular flexibility index (Phi) is 5.43. The summed E-state index contributed by atoms with van der Waals surface area (Å²) in [7, 11) is 4.28. The summed E-state index contributed by atoms with van der Waals surface area (Å²) in [6, 6.07) is 7.96. The molecule has 0 heterocycles. The molecular weight excluding hydrogens is 300 g/mol. The van der Waals surface area contributed by atoms with Crippen LogP contribution >= 0.6 is 15.9 Å². The molecule has 2 nitrogen and oxygen atoms in total. The van der Waals surface area contributed by atoms with Crippen LogP contribution in [0.3, 0.4) is 0 Å². The molecule has 0 radical (unpaired) electrons. The summed E-state index contributed by atoms with van der Waals surface area (Å²) in [6.45, 7) is 3.46. The van der Waals surface area contributed by atoms with Gasteiger partial charge in [0.25, 0.3) is 0 Å². The Hall–Kier alpha value is -0.380. The van der Waals surface area contributed by atoms with Gasteiger partial charge in [-0.25, -0.2) is 0 Å². The van der Waals surface area contributed by atoms with Gasteiger partial charge in [-0.2, -0.15) is 0 Å². The Bertz CT molecular complexity index is 417. The van der Waals surface area contributed by atoms with Crippen LogP contribution in [-0.4, -0.2) is 37.6 Å². The second-order valence-electron chi connectivity index (χ2n) is 6.01. The second-order valence-corrected chi connectivity index (χ2v) is 6.93. The van der Waals surface area contributed by atoms with E-state index < -0.39 is 0 Å². The highest BCUT2D eigenvalue weighted by molar-refractivity contribution is 9.10. The van der Waals surface area contributed by atoms with Gasteiger partial charge in [0.2, 0.25) is 0 Å². The SMILES string of the molecule is CC(CCN(C)C)NC1CCc2cc(Br)ccc2C1. The highest BCUT2D eigenvalue weighted by Crippen LogP contribution is 2.25. The van der Waals surface area contributed by atoms with Gasteiger partial charge in [0.1, 0.15) is 0 Å². The Balaban J connectivity index is 1.86. The van der Waals surface area contributed by atoms with Crippen LogP contribution in [0, 0.1) is 0 Å². The highest BCUT2D eigenvalue weighted by atomic mass is 79.9. The van der Waals surface area contributed by atoms with E-state index in [1.165, 1.54) is 41.3 Å². The van der Waals surface area contributed by atoms with E-state index in [-0.39, 0.29) is 0 Å². The monoisotopic (exact) mass is 324 g/mol. The summed E-state index contributed by atoms with van der Waals surface area (Å²) < 4.78 is 1.21. The molecule has 0 aromatic heterocycles. The van der Waals surface area contributed by atoms with E-state index in [4.69, 9.17) is 0 Å². The number of aryl methyl sites for hydroxylation is 1. The molecule has 0 aliphatic heterocycles. The average molecular weight is 325 g/mol. The summed E-state index contributed by atoms with van der Waals surface area (Å²) in [5.41, 5.74) is 3.04. The van der Waals surface area contributed by atoms with Gasteiger partial charge in [-0.15, -0.1) is 0 Å². The molecule has 106 valence electrons. The quantitative estimate of drug-likeness (QED) is 0.894. The molecule has 0 saturated heterocycles. The van der Waals surface area contributed by atoms with Crippen molar-refractivity contribution >= 4 is 15.9 Å². The maximum absolute atomic E-state index is 3.79. The Morgan fingerprint density at radius 2 is 2.16 bits per heavy atom. The fourth-order valence-corrected chi connectivity index (χ4v) is 3.21. The second kappa shape index (κ2) is 6.87. The van der Waals surface area contributed by atoms with Crippen molar-refractivity contribution in [2.45, 2.75) is 44.7 Å². The molecular formula is C16H25BrN2. The van der Waals surface area contributed by atoms with E-state index in [1.807, 2.05) is 0 Å². The molecule has 0 spiro atoms. The summed E-state index contributed by atoms with van der Waals surface area (Å²) in [5, 5.41) is 3.79. The van der Waals surface area contributed by atoms with Crippen LogP contribution in [0.4, 0.5) is 0 Å². The lowest BCUT2D eigenvalue weighted by molar-refractivity contribution is 0.338. The fraction of sp³-hybridized carbons (Fsp3) is 0.625. The summed E-state index contributed by atoms with van der Waals surface area (Å²) in [5.74, 6) is 0. The van der Waals surface area contributed by atoms with E-state index in [0.29, 0.717) is 12.1 Å². The number of hydrogen-bond donors (Lipinski definition) is 1. The molecule has 0 fully saturated rings. The minimum absolute atomic E-state index is 0.601. The standard InChI is InChI=1S/C16H25BrN2/c1-12(8-9-19(2)3)18-16-7-5-13-10-15(17)6-4-14(13)11-16/h4,6,10,12,16,18H,5,7-9,11H2,1-3H3. The van der Waals surface area contributed by atoms with Gasteiger partial charge in [-0.05, 0) is 76.5 Å². The molecule has 1 aliphatic carbocycles. The molecule has 1 aliphatic rings. The number of hydrogen-bond acceptors (Lipinski definition) is 2. The first kappa shape index (κ1) is 15.0. The smallest absolute Gasteiger partial charge is 0.0178 e. The van der Waals surface area contributed by atoms with Crippen LogP contribution in [0.5, 0.6) is 0 Å². The van der Waals surface area contributed by atoms with Crippen LogP contribution in [0.2, 0.25) is 0 Å². The van der Waals surface area contributed by atoms with Crippen molar-refractivity contribution < 1.29 is 0 Å². The minimum Gasteiger partial charge on any atom is -0.311 e. The zero-order valence-corrected chi connectivity index (χ0v) is 13.8. The number of benzene rings is 1. The molecule has 0 saturated carbocycles. The molecule has 1 N–H and O–H groups in total. The topological polar surface area (TPSA) is 15.3 Å². The van der Waals surface area contributed by atoms with Gasteiger partial charge >= 0.3 is 0 Å². The Morgan fingerprint density at radius 3 is 2.89 bits per heavy atom. The van der Waals surface area contributed by atoms with Crippen molar-refractivity contribution in [2.75, 3.05) is 20.6 Å². The third kappa shape index (κ3) is 4.59. The van der Waals surface area contributed by atoms with Crippen molar-refractivity contribution in [3.63, 3.8) is 0 Å². The number of rotatable bonds is 5. The number of halogens is 1. The van der Waals surface area contributed by atoms with Crippen LogP contribution in [-0.2, 0) is 12.8 Å². The molecule has 2 atom stereocenters. The van der Waals surface area contributed by atoms with E-state index in [9.17, 15) is 0 Å². The van der Waals surface area contributed by atoms with Gasteiger partial charge in [0.05, 0.1) is 0 Å². The summed E-state index contributed by atoms with van der Waals surface area (Å²) in [6.07, 6.45) is 4.86. The third-order valence-electron chi connectivity index (χ3n) is 3.93. The van der Waals surface area contributed by atoms with Crippen molar-refractivity contribution in [3.8, 4) is 0 Å². The highest BCUT2D eigenvalue weighted by Gasteiger charge is 2.19. The van der Waals surface area contributed by atoms with Crippen LogP contribution in [0.15, 0.2) is 22.7 Å². The summed E-state index contributed by atoms with van der Waals surface area (Å²) >= 11 is 3.56. The van der Waals surface area contributed by atoms with E-state index in [1.54, 1.807) is 0 Å². The van der Waals surface area contributed by atoms with E-state index >= 15 is 0 Å². The van der Waals surface area contributed by atoms with Crippen molar-refractivity contribution in [3.05, 3.63) is 33.8 Å². The zero-order valence-electron chi connectivity index (χ0n) is 12.2. The van der Waals surface area contributed by atoms with Crippen LogP contribution in [0.1, 0.15) is 30.9 Å². The molecule has 3 heteroatoms. The number of nitrogens with one attached hydrogen (secondary N) is 1. The Morgan fingerprint density at radius 1 is 1.37 bits per heavy atom. The molecule has 0 amide bonds. The number of fused-ring (bicyclic) bond motifs is 1. The normalized spacial score (nSPS) is 20.4. The number of nitrogens with zero attached hydrogens (tertiary/aromatic N) is 1. The largest absolute Gasteiger partial charge is 0.311 e. The molecule has 1 aromatic carbocycles. The fourth-order valence-electron chi connectivity index (χ4n) is 2.80. The average Bonchev–Trinajstić information content (AvgIpc) is 2.36. The van der Waals surface area contributed by atoms with Crippen LogP contribution < -0.4 is 5.32 Å².